The number of aromatic amines is 1. The molecule has 0 spiro atoms. The van der Waals surface area contributed by atoms with Crippen LogP contribution in [0.2, 0.25) is 0 Å². The maximum atomic E-state index is 11.2. The van der Waals surface area contributed by atoms with Gasteiger partial charge in [-0.3, -0.25) is 9.59 Å². The zero-order valence-electron chi connectivity index (χ0n) is 7.74. The first-order valence-corrected chi connectivity index (χ1v) is 4.08. The molecule has 1 aromatic rings. The van der Waals surface area contributed by atoms with Crippen LogP contribution in [0.1, 0.15) is 17.0 Å². The van der Waals surface area contributed by atoms with Crippen molar-refractivity contribution in [2.75, 3.05) is 13.7 Å². The first-order valence-electron chi connectivity index (χ1n) is 4.08. The molecule has 0 unspecified atom stereocenters. The largest absolute Gasteiger partial charge is 0.469 e. The van der Waals surface area contributed by atoms with E-state index in [2.05, 4.69) is 20.0 Å². The zero-order valence-corrected chi connectivity index (χ0v) is 7.74. The van der Waals surface area contributed by atoms with Crippen molar-refractivity contribution in [3.8, 4) is 0 Å². The number of esters is 1. The van der Waals surface area contributed by atoms with Gasteiger partial charge in [0.25, 0.3) is 5.91 Å². The average Bonchev–Trinajstić information content (AvgIpc) is 2.70. The minimum Gasteiger partial charge on any atom is -0.469 e. The van der Waals surface area contributed by atoms with Crippen LogP contribution < -0.4 is 5.32 Å². The zero-order chi connectivity index (χ0) is 10.4. The fraction of sp³-hybridized carbons (Fsp3) is 0.375. The molecule has 76 valence electrons. The number of H-pyrrole nitrogens is 1. The van der Waals surface area contributed by atoms with Gasteiger partial charge in [0.2, 0.25) is 0 Å². The Labute approximate surface area is 80.7 Å². The third-order valence-electron chi connectivity index (χ3n) is 1.56. The van der Waals surface area contributed by atoms with Gasteiger partial charge in [0, 0.05) is 18.9 Å². The Balaban J connectivity index is 2.26. The van der Waals surface area contributed by atoms with Crippen molar-refractivity contribution in [2.45, 2.75) is 6.42 Å². The van der Waals surface area contributed by atoms with E-state index in [9.17, 15) is 9.59 Å². The summed E-state index contributed by atoms with van der Waals surface area (Å²) < 4.78 is 4.41. The highest BCUT2D eigenvalue weighted by atomic mass is 16.5. The Kier molecular flexibility index (Phi) is 3.66. The van der Waals surface area contributed by atoms with Crippen molar-refractivity contribution in [1.82, 2.24) is 15.3 Å². The number of imidazole rings is 1. The van der Waals surface area contributed by atoms with Gasteiger partial charge in [-0.15, -0.1) is 0 Å². The molecule has 0 bridgehead atoms. The second kappa shape index (κ2) is 5.00. The molecular weight excluding hydrogens is 186 g/mol. The SMILES string of the molecule is COC(=O)CCNC(=O)c1ncc[nH]1. The van der Waals surface area contributed by atoms with E-state index in [4.69, 9.17) is 0 Å². The number of methoxy groups -OCH3 is 1. The Morgan fingerprint density at radius 1 is 1.64 bits per heavy atom. The summed E-state index contributed by atoms with van der Waals surface area (Å²) in [5, 5.41) is 2.52. The van der Waals surface area contributed by atoms with Crippen LogP contribution in [0, 0.1) is 0 Å². The van der Waals surface area contributed by atoms with Gasteiger partial charge < -0.3 is 15.0 Å². The smallest absolute Gasteiger partial charge is 0.307 e. The summed E-state index contributed by atoms with van der Waals surface area (Å²) in [6.07, 6.45) is 3.19. The van der Waals surface area contributed by atoms with Crippen molar-refractivity contribution in [1.29, 1.82) is 0 Å². The maximum Gasteiger partial charge on any atom is 0.307 e. The Morgan fingerprint density at radius 2 is 2.43 bits per heavy atom. The van der Waals surface area contributed by atoms with Crippen molar-refractivity contribution < 1.29 is 14.3 Å². The van der Waals surface area contributed by atoms with E-state index in [0.29, 0.717) is 0 Å². The number of carbonyl (C=O) groups excluding carboxylic acids is 2. The number of nitrogens with zero attached hydrogens (tertiary/aromatic N) is 1. The molecule has 0 aliphatic carbocycles. The molecule has 6 heteroatoms. The molecule has 0 radical (unpaired) electrons. The summed E-state index contributed by atoms with van der Waals surface area (Å²) in [5.41, 5.74) is 0. The molecule has 14 heavy (non-hydrogen) atoms. The molecule has 1 heterocycles. The van der Waals surface area contributed by atoms with Gasteiger partial charge in [-0.25, -0.2) is 4.98 Å². The number of rotatable bonds is 4. The Hall–Kier alpha value is -1.85. The van der Waals surface area contributed by atoms with Crippen LogP contribution in [0.15, 0.2) is 12.4 Å². The van der Waals surface area contributed by atoms with E-state index < -0.39 is 0 Å². The van der Waals surface area contributed by atoms with Crippen LogP contribution in [0.25, 0.3) is 0 Å². The molecule has 0 aliphatic rings. The van der Waals surface area contributed by atoms with E-state index in [1.165, 1.54) is 13.3 Å². The lowest BCUT2D eigenvalue weighted by atomic mass is 10.4. The lowest BCUT2D eigenvalue weighted by Gasteiger charge is -2.01. The van der Waals surface area contributed by atoms with E-state index in [1.807, 2.05) is 0 Å². The summed E-state index contributed by atoms with van der Waals surface area (Å²) in [5.74, 6) is -0.460. The Bertz CT molecular complexity index is 308. The van der Waals surface area contributed by atoms with Gasteiger partial charge in [-0.2, -0.15) is 0 Å². The minimum absolute atomic E-state index is 0.156. The van der Waals surface area contributed by atoms with Gasteiger partial charge in [0.1, 0.15) is 0 Å². The third-order valence-corrected chi connectivity index (χ3v) is 1.56. The number of aromatic nitrogens is 2. The van der Waals surface area contributed by atoms with Gasteiger partial charge >= 0.3 is 5.97 Å². The highest BCUT2D eigenvalue weighted by molar-refractivity contribution is 5.90. The molecule has 1 aromatic heterocycles. The van der Waals surface area contributed by atoms with Crippen LogP contribution in [0.4, 0.5) is 0 Å². The molecule has 0 aliphatic heterocycles. The third kappa shape index (κ3) is 2.89. The van der Waals surface area contributed by atoms with Gasteiger partial charge in [0.05, 0.1) is 13.5 Å². The molecule has 2 N–H and O–H groups in total. The Morgan fingerprint density at radius 3 is 3.00 bits per heavy atom. The number of amides is 1. The normalized spacial score (nSPS) is 9.50. The molecule has 0 saturated heterocycles. The maximum absolute atomic E-state index is 11.2. The van der Waals surface area contributed by atoms with E-state index >= 15 is 0 Å². The second-order valence-corrected chi connectivity index (χ2v) is 2.52. The van der Waals surface area contributed by atoms with E-state index in [1.54, 1.807) is 6.20 Å². The number of ether oxygens (including phenoxy) is 1. The monoisotopic (exact) mass is 197 g/mol. The van der Waals surface area contributed by atoms with Crippen molar-refractivity contribution in [3.63, 3.8) is 0 Å². The molecule has 0 atom stereocenters. The molecule has 1 rings (SSSR count). The number of carbonyl (C=O) groups is 2. The fourth-order valence-corrected chi connectivity index (χ4v) is 0.853. The van der Waals surface area contributed by atoms with Gasteiger partial charge in [0.15, 0.2) is 5.82 Å². The predicted molar refractivity (Wildman–Crippen MR) is 47.6 cm³/mol. The van der Waals surface area contributed by atoms with Crippen LogP contribution in [-0.4, -0.2) is 35.5 Å². The quantitative estimate of drug-likeness (QED) is 0.649. The molecule has 1 amide bonds. The summed E-state index contributed by atoms with van der Waals surface area (Å²) in [6.45, 7) is 0.242. The van der Waals surface area contributed by atoms with Crippen molar-refractivity contribution in [2.24, 2.45) is 0 Å². The lowest BCUT2D eigenvalue weighted by Crippen LogP contribution is -2.27. The first-order chi connectivity index (χ1) is 6.74. The molecule has 6 nitrogen and oxygen atoms in total. The molecular formula is C8H11N3O3. The van der Waals surface area contributed by atoms with Crippen molar-refractivity contribution in [3.05, 3.63) is 18.2 Å². The minimum atomic E-state index is -0.357. The van der Waals surface area contributed by atoms with Crippen molar-refractivity contribution >= 4 is 11.9 Å². The van der Waals surface area contributed by atoms with Gasteiger partial charge in [-0.05, 0) is 0 Å². The number of hydrogen-bond donors (Lipinski definition) is 2. The standard InChI is InChI=1S/C8H11N3O3/c1-14-6(12)2-3-11-8(13)7-9-4-5-10-7/h4-5H,2-3H2,1H3,(H,9,10)(H,11,13). The number of nitrogens with one attached hydrogen (secondary N) is 2. The average molecular weight is 197 g/mol. The van der Waals surface area contributed by atoms with E-state index in [-0.39, 0.29) is 30.7 Å². The predicted octanol–water partition coefficient (Wildman–Crippen LogP) is -0.297. The fourth-order valence-electron chi connectivity index (χ4n) is 0.853. The van der Waals surface area contributed by atoms with Gasteiger partial charge in [-0.1, -0.05) is 0 Å². The van der Waals surface area contributed by atoms with E-state index in [0.717, 1.165) is 0 Å². The molecule has 0 fully saturated rings. The second-order valence-electron chi connectivity index (χ2n) is 2.52. The summed E-state index contributed by atoms with van der Waals surface area (Å²) in [4.78, 5) is 28.3. The first kappa shape index (κ1) is 10.2. The highest BCUT2D eigenvalue weighted by Crippen LogP contribution is 1.88. The van der Waals surface area contributed by atoms with Crippen LogP contribution in [-0.2, 0) is 9.53 Å². The highest BCUT2D eigenvalue weighted by Gasteiger charge is 2.07. The van der Waals surface area contributed by atoms with Crippen LogP contribution >= 0.6 is 0 Å². The van der Waals surface area contributed by atoms with Crippen LogP contribution in [0.3, 0.4) is 0 Å². The molecule has 0 aromatic carbocycles. The molecule has 0 saturated carbocycles. The topological polar surface area (TPSA) is 84.1 Å². The van der Waals surface area contributed by atoms with Crippen LogP contribution in [0.5, 0.6) is 0 Å². The number of hydrogen-bond acceptors (Lipinski definition) is 4. The summed E-state index contributed by atoms with van der Waals surface area (Å²) in [7, 11) is 1.30. The lowest BCUT2D eigenvalue weighted by molar-refractivity contribution is -0.140. The summed E-state index contributed by atoms with van der Waals surface area (Å²) >= 11 is 0. The summed E-state index contributed by atoms with van der Waals surface area (Å²) in [6, 6.07) is 0.